The summed E-state index contributed by atoms with van der Waals surface area (Å²) >= 11 is 0. The van der Waals surface area contributed by atoms with Crippen molar-refractivity contribution in [2.24, 2.45) is 0 Å². The van der Waals surface area contributed by atoms with Gasteiger partial charge in [-0.2, -0.15) is 0 Å². The van der Waals surface area contributed by atoms with Crippen LogP contribution in [0.3, 0.4) is 0 Å². The molecule has 0 saturated carbocycles. The maximum atomic E-state index is 13.3. The topological polar surface area (TPSA) is 81.4 Å². The number of hydrogen-bond donors (Lipinski definition) is 2. The van der Waals surface area contributed by atoms with E-state index in [1.54, 1.807) is 0 Å². The zero-order chi connectivity index (χ0) is 16.2. The van der Waals surface area contributed by atoms with Crippen LogP contribution in [0.25, 0.3) is 0 Å². The van der Waals surface area contributed by atoms with Gasteiger partial charge in [0.05, 0.1) is 11.3 Å². The van der Waals surface area contributed by atoms with Crippen molar-refractivity contribution in [2.45, 2.75) is 45.8 Å². The predicted molar refractivity (Wildman–Crippen MR) is 78.2 cm³/mol. The summed E-state index contributed by atoms with van der Waals surface area (Å²) in [6.07, 6.45) is -0.230. The minimum atomic E-state index is -0.969. The number of nitrogen functional groups attached to an aromatic ring is 1. The highest BCUT2D eigenvalue weighted by Gasteiger charge is 2.24. The van der Waals surface area contributed by atoms with Gasteiger partial charge in [0.2, 0.25) is 0 Å². The highest BCUT2D eigenvalue weighted by molar-refractivity contribution is 5.92. The number of esters is 1. The molecule has 0 bridgehead atoms. The van der Waals surface area contributed by atoms with Crippen molar-refractivity contribution < 1.29 is 18.7 Å². The van der Waals surface area contributed by atoms with E-state index < -0.39 is 23.8 Å². The Hall–Kier alpha value is -2.11. The van der Waals surface area contributed by atoms with Gasteiger partial charge in [0.1, 0.15) is 5.82 Å². The van der Waals surface area contributed by atoms with Gasteiger partial charge in [-0.05, 0) is 45.4 Å². The molecular formula is C15H21FN2O3. The zero-order valence-electron chi connectivity index (χ0n) is 12.7. The molecule has 0 spiro atoms. The van der Waals surface area contributed by atoms with Gasteiger partial charge in [-0.15, -0.1) is 0 Å². The molecule has 0 radical (unpaired) electrons. The maximum Gasteiger partial charge on any atom is 0.339 e. The van der Waals surface area contributed by atoms with Crippen LogP contribution in [0.5, 0.6) is 0 Å². The van der Waals surface area contributed by atoms with Gasteiger partial charge in [-0.25, -0.2) is 9.18 Å². The van der Waals surface area contributed by atoms with Crippen LogP contribution in [0.1, 0.15) is 44.5 Å². The van der Waals surface area contributed by atoms with E-state index in [1.165, 1.54) is 19.1 Å². The van der Waals surface area contributed by atoms with E-state index in [0.717, 1.165) is 12.5 Å². The van der Waals surface area contributed by atoms with E-state index in [-0.39, 0.29) is 16.8 Å². The molecule has 0 heterocycles. The Morgan fingerprint density at radius 2 is 2.05 bits per heavy atom. The molecule has 0 aromatic heterocycles. The summed E-state index contributed by atoms with van der Waals surface area (Å²) in [5.74, 6) is -1.87. The van der Waals surface area contributed by atoms with Gasteiger partial charge < -0.3 is 15.8 Å². The second kappa shape index (κ2) is 6.56. The van der Waals surface area contributed by atoms with Gasteiger partial charge in [0, 0.05) is 5.54 Å². The normalized spacial score (nSPS) is 12.6. The van der Waals surface area contributed by atoms with Crippen molar-refractivity contribution in [3.8, 4) is 0 Å². The summed E-state index contributed by atoms with van der Waals surface area (Å²) in [7, 11) is 0. The standard InChI is InChI=1S/C15H21FN2O3/c1-5-15(3,4)18-13(19)9(2)21-14(20)10-6-7-12(17)11(16)8-10/h6-9H,5,17H2,1-4H3,(H,18,19). The number of nitrogens with one attached hydrogen (secondary N) is 1. The Labute approximate surface area is 123 Å². The Kier molecular flexibility index (Phi) is 5.29. The molecule has 1 aromatic rings. The summed E-state index contributed by atoms with van der Waals surface area (Å²) in [6, 6.07) is 3.61. The average Bonchev–Trinajstić information content (AvgIpc) is 2.41. The first kappa shape index (κ1) is 16.9. The largest absolute Gasteiger partial charge is 0.449 e. The molecule has 1 unspecified atom stereocenters. The van der Waals surface area contributed by atoms with E-state index in [9.17, 15) is 14.0 Å². The molecule has 1 rings (SSSR count). The lowest BCUT2D eigenvalue weighted by atomic mass is 10.0. The third-order valence-corrected chi connectivity index (χ3v) is 3.23. The van der Waals surface area contributed by atoms with Crippen LogP contribution in [-0.2, 0) is 9.53 Å². The number of ether oxygens (including phenoxy) is 1. The maximum absolute atomic E-state index is 13.3. The molecule has 0 saturated heterocycles. The Morgan fingerprint density at radius 3 is 2.57 bits per heavy atom. The Morgan fingerprint density at radius 1 is 1.43 bits per heavy atom. The molecule has 0 fully saturated rings. The first-order valence-electron chi connectivity index (χ1n) is 6.74. The number of anilines is 1. The van der Waals surface area contributed by atoms with E-state index >= 15 is 0 Å². The van der Waals surface area contributed by atoms with Crippen molar-refractivity contribution in [3.05, 3.63) is 29.6 Å². The monoisotopic (exact) mass is 296 g/mol. The molecule has 5 nitrogen and oxygen atoms in total. The fraction of sp³-hybridized carbons (Fsp3) is 0.467. The molecule has 0 aliphatic carbocycles. The van der Waals surface area contributed by atoms with Crippen LogP contribution in [0.4, 0.5) is 10.1 Å². The van der Waals surface area contributed by atoms with E-state index in [2.05, 4.69) is 5.32 Å². The lowest BCUT2D eigenvalue weighted by Crippen LogP contribution is -2.47. The minimum Gasteiger partial charge on any atom is -0.449 e. The molecule has 0 aliphatic heterocycles. The fourth-order valence-electron chi connectivity index (χ4n) is 1.46. The van der Waals surface area contributed by atoms with Crippen LogP contribution in [-0.4, -0.2) is 23.5 Å². The predicted octanol–water partition coefficient (Wildman–Crippen LogP) is 2.26. The smallest absolute Gasteiger partial charge is 0.339 e. The van der Waals surface area contributed by atoms with Crippen LogP contribution < -0.4 is 11.1 Å². The summed E-state index contributed by atoms with van der Waals surface area (Å²) in [4.78, 5) is 23.8. The Bertz CT molecular complexity index is 544. The van der Waals surface area contributed by atoms with Crippen molar-refractivity contribution >= 4 is 17.6 Å². The number of carbonyl (C=O) groups is 2. The molecule has 1 amide bonds. The number of nitrogens with two attached hydrogens (primary N) is 1. The van der Waals surface area contributed by atoms with E-state index in [1.807, 2.05) is 20.8 Å². The van der Waals surface area contributed by atoms with Crippen molar-refractivity contribution in [1.82, 2.24) is 5.32 Å². The Balaban J connectivity index is 2.69. The summed E-state index contributed by atoms with van der Waals surface area (Å²) < 4.78 is 18.3. The second-order valence-corrected chi connectivity index (χ2v) is 5.51. The third-order valence-electron chi connectivity index (χ3n) is 3.23. The first-order chi connectivity index (χ1) is 9.66. The fourth-order valence-corrected chi connectivity index (χ4v) is 1.46. The molecule has 1 aromatic carbocycles. The van der Waals surface area contributed by atoms with Crippen molar-refractivity contribution in [3.63, 3.8) is 0 Å². The van der Waals surface area contributed by atoms with Gasteiger partial charge in [0.15, 0.2) is 6.10 Å². The van der Waals surface area contributed by atoms with E-state index in [4.69, 9.17) is 10.5 Å². The van der Waals surface area contributed by atoms with Gasteiger partial charge >= 0.3 is 5.97 Å². The summed E-state index contributed by atoms with van der Waals surface area (Å²) in [5.41, 5.74) is 4.90. The van der Waals surface area contributed by atoms with Crippen LogP contribution in [0, 0.1) is 5.82 Å². The van der Waals surface area contributed by atoms with Crippen LogP contribution in [0.2, 0.25) is 0 Å². The van der Waals surface area contributed by atoms with Gasteiger partial charge in [-0.3, -0.25) is 4.79 Å². The zero-order valence-corrected chi connectivity index (χ0v) is 12.7. The molecule has 0 aliphatic rings. The van der Waals surface area contributed by atoms with Gasteiger partial charge in [-0.1, -0.05) is 6.92 Å². The lowest BCUT2D eigenvalue weighted by Gasteiger charge is -2.26. The van der Waals surface area contributed by atoms with Crippen LogP contribution in [0.15, 0.2) is 18.2 Å². The first-order valence-corrected chi connectivity index (χ1v) is 6.74. The summed E-state index contributed by atoms with van der Waals surface area (Å²) in [5, 5.41) is 2.77. The molecule has 116 valence electrons. The SMILES string of the molecule is CCC(C)(C)NC(=O)C(C)OC(=O)c1ccc(N)c(F)c1. The highest BCUT2D eigenvalue weighted by atomic mass is 19.1. The number of halogens is 1. The number of hydrogen-bond acceptors (Lipinski definition) is 4. The number of carbonyl (C=O) groups excluding carboxylic acids is 2. The number of amides is 1. The summed E-state index contributed by atoms with van der Waals surface area (Å²) in [6.45, 7) is 7.14. The number of benzene rings is 1. The molecular weight excluding hydrogens is 275 g/mol. The van der Waals surface area contributed by atoms with Crippen LogP contribution >= 0.6 is 0 Å². The van der Waals surface area contributed by atoms with Crippen molar-refractivity contribution in [2.75, 3.05) is 5.73 Å². The highest BCUT2D eigenvalue weighted by Crippen LogP contribution is 2.14. The van der Waals surface area contributed by atoms with Gasteiger partial charge in [0.25, 0.3) is 5.91 Å². The molecule has 3 N–H and O–H groups in total. The molecule has 1 atom stereocenters. The van der Waals surface area contributed by atoms with E-state index in [0.29, 0.717) is 0 Å². The average molecular weight is 296 g/mol. The number of rotatable bonds is 5. The molecule has 6 heteroatoms. The quantitative estimate of drug-likeness (QED) is 0.645. The second-order valence-electron chi connectivity index (χ2n) is 5.51. The third kappa shape index (κ3) is 4.73. The van der Waals surface area contributed by atoms with Crippen molar-refractivity contribution in [1.29, 1.82) is 0 Å². The molecule has 21 heavy (non-hydrogen) atoms. The minimum absolute atomic E-state index is 0.0103. The lowest BCUT2D eigenvalue weighted by molar-refractivity contribution is -0.130.